The molecule has 1 aromatic heterocycles. The molecule has 2 aromatic rings. The van der Waals surface area contributed by atoms with Crippen molar-refractivity contribution in [3.8, 4) is 11.6 Å². The molecular formula is C15H17N3O2. The molecule has 1 heterocycles. The molecule has 0 aliphatic heterocycles. The van der Waals surface area contributed by atoms with Crippen molar-refractivity contribution in [2.24, 2.45) is 10.9 Å². The minimum atomic E-state index is -0.0152. The van der Waals surface area contributed by atoms with E-state index in [4.69, 9.17) is 15.7 Å². The first-order chi connectivity index (χ1) is 9.52. The lowest BCUT2D eigenvalue weighted by atomic mass is 10.1. The zero-order valence-electron chi connectivity index (χ0n) is 11.7. The Morgan fingerprint density at radius 1 is 1.20 bits per heavy atom. The van der Waals surface area contributed by atoms with E-state index >= 15 is 0 Å². The SMILES string of the molecule is Cc1cc(C)c(/C(N)=N/O)c(Oc2ccccc2C)n1. The molecule has 5 heteroatoms. The van der Waals surface area contributed by atoms with Crippen LogP contribution < -0.4 is 10.5 Å². The van der Waals surface area contributed by atoms with E-state index in [-0.39, 0.29) is 5.84 Å². The average molecular weight is 271 g/mol. The zero-order valence-corrected chi connectivity index (χ0v) is 11.7. The second kappa shape index (κ2) is 5.61. The van der Waals surface area contributed by atoms with E-state index in [2.05, 4.69) is 10.1 Å². The number of hydrogen-bond donors (Lipinski definition) is 2. The third-order valence-electron chi connectivity index (χ3n) is 2.98. The van der Waals surface area contributed by atoms with Gasteiger partial charge >= 0.3 is 0 Å². The van der Waals surface area contributed by atoms with E-state index in [0.29, 0.717) is 17.2 Å². The van der Waals surface area contributed by atoms with Gasteiger partial charge in [-0.2, -0.15) is 0 Å². The molecule has 0 aliphatic rings. The highest BCUT2D eigenvalue weighted by molar-refractivity contribution is 6.00. The van der Waals surface area contributed by atoms with Gasteiger partial charge in [-0.1, -0.05) is 23.4 Å². The van der Waals surface area contributed by atoms with E-state index in [1.165, 1.54) is 0 Å². The Labute approximate surface area is 117 Å². The van der Waals surface area contributed by atoms with Crippen LogP contribution in [0, 0.1) is 20.8 Å². The molecule has 1 aromatic carbocycles. The molecule has 0 bridgehead atoms. The van der Waals surface area contributed by atoms with Gasteiger partial charge in [0, 0.05) is 5.69 Å². The van der Waals surface area contributed by atoms with Crippen LogP contribution in [0.4, 0.5) is 0 Å². The Morgan fingerprint density at radius 2 is 1.90 bits per heavy atom. The molecular weight excluding hydrogens is 254 g/mol. The molecule has 0 radical (unpaired) electrons. The van der Waals surface area contributed by atoms with Gasteiger partial charge in [-0.15, -0.1) is 0 Å². The summed E-state index contributed by atoms with van der Waals surface area (Å²) in [7, 11) is 0. The van der Waals surface area contributed by atoms with Gasteiger partial charge < -0.3 is 15.7 Å². The number of benzene rings is 1. The van der Waals surface area contributed by atoms with Crippen molar-refractivity contribution in [1.82, 2.24) is 4.98 Å². The first-order valence-corrected chi connectivity index (χ1v) is 6.22. The Morgan fingerprint density at radius 3 is 2.55 bits per heavy atom. The fourth-order valence-electron chi connectivity index (χ4n) is 2.01. The van der Waals surface area contributed by atoms with Crippen LogP contribution in [-0.4, -0.2) is 16.0 Å². The molecule has 5 nitrogen and oxygen atoms in total. The molecule has 0 fully saturated rings. The highest BCUT2D eigenvalue weighted by Crippen LogP contribution is 2.28. The smallest absolute Gasteiger partial charge is 0.230 e. The molecule has 0 spiro atoms. The highest BCUT2D eigenvalue weighted by Gasteiger charge is 2.16. The van der Waals surface area contributed by atoms with E-state index in [9.17, 15) is 0 Å². The Bertz CT molecular complexity index is 666. The van der Waals surface area contributed by atoms with Gasteiger partial charge in [-0.05, 0) is 44.0 Å². The highest BCUT2D eigenvalue weighted by atomic mass is 16.5. The van der Waals surface area contributed by atoms with Crippen LogP contribution in [0.15, 0.2) is 35.5 Å². The predicted molar refractivity (Wildman–Crippen MR) is 77.5 cm³/mol. The number of aromatic nitrogens is 1. The topological polar surface area (TPSA) is 80.7 Å². The summed E-state index contributed by atoms with van der Waals surface area (Å²) in [5, 5.41) is 12.0. The number of para-hydroxylation sites is 1. The molecule has 104 valence electrons. The summed E-state index contributed by atoms with van der Waals surface area (Å²) in [5.41, 5.74) is 8.85. The maximum Gasteiger partial charge on any atom is 0.230 e. The lowest BCUT2D eigenvalue weighted by Gasteiger charge is -2.13. The standard InChI is InChI=1S/C15H17N3O2/c1-9-6-4-5-7-12(9)20-15-13(14(16)18-19)10(2)8-11(3)17-15/h4-8,19H,1-3H3,(H2,16,18). The van der Waals surface area contributed by atoms with E-state index in [0.717, 1.165) is 16.8 Å². The molecule has 0 saturated heterocycles. The van der Waals surface area contributed by atoms with Gasteiger partial charge in [0.25, 0.3) is 0 Å². The molecule has 0 amide bonds. The minimum Gasteiger partial charge on any atom is -0.438 e. The van der Waals surface area contributed by atoms with Crippen molar-refractivity contribution in [2.75, 3.05) is 0 Å². The Kier molecular flexibility index (Phi) is 3.89. The zero-order chi connectivity index (χ0) is 14.7. The number of hydrogen-bond acceptors (Lipinski definition) is 4. The van der Waals surface area contributed by atoms with Gasteiger partial charge in [0.2, 0.25) is 5.88 Å². The maximum absolute atomic E-state index is 8.91. The number of ether oxygens (including phenoxy) is 1. The number of nitrogens with zero attached hydrogens (tertiary/aromatic N) is 2. The Balaban J connectivity index is 2.53. The fourth-order valence-corrected chi connectivity index (χ4v) is 2.01. The summed E-state index contributed by atoms with van der Waals surface area (Å²) in [5.74, 6) is 1.02. The van der Waals surface area contributed by atoms with E-state index in [1.807, 2.05) is 51.1 Å². The lowest BCUT2D eigenvalue weighted by Crippen LogP contribution is -2.17. The average Bonchev–Trinajstić information content (AvgIpc) is 2.40. The summed E-state index contributed by atoms with van der Waals surface area (Å²) in [6.07, 6.45) is 0. The summed E-state index contributed by atoms with van der Waals surface area (Å²) in [6.45, 7) is 5.68. The third kappa shape index (κ3) is 2.71. The number of nitrogens with two attached hydrogens (primary N) is 1. The molecule has 3 N–H and O–H groups in total. The van der Waals surface area contributed by atoms with Gasteiger partial charge in [-0.3, -0.25) is 0 Å². The second-order valence-corrected chi connectivity index (χ2v) is 4.61. The number of aryl methyl sites for hydroxylation is 3. The Hall–Kier alpha value is -2.56. The molecule has 0 aliphatic carbocycles. The van der Waals surface area contributed by atoms with Gasteiger partial charge in [0.05, 0.1) is 5.56 Å². The van der Waals surface area contributed by atoms with Crippen molar-refractivity contribution in [3.05, 3.63) is 52.7 Å². The van der Waals surface area contributed by atoms with E-state index < -0.39 is 0 Å². The van der Waals surface area contributed by atoms with Crippen molar-refractivity contribution >= 4 is 5.84 Å². The summed E-state index contributed by atoms with van der Waals surface area (Å²) in [6, 6.07) is 9.47. The van der Waals surface area contributed by atoms with Crippen molar-refractivity contribution in [3.63, 3.8) is 0 Å². The van der Waals surface area contributed by atoms with Crippen LogP contribution in [0.25, 0.3) is 0 Å². The maximum atomic E-state index is 8.91. The van der Waals surface area contributed by atoms with Crippen molar-refractivity contribution in [2.45, 2.75) is 20.8 Å². The second-order valence-electron chi connectivity index (χ2n) is 4.61. The molecule has 0 unspecified atom stereocenters. The fraction of sp³-hybridized carbons (Fsp3) is 0.200. The molecule has 20 heavy (non-hydrogen) atoms. The number of rotatable bonds is 3. The van der Waals surface area contributed by atoms with Crippen LogP contribution in [0.2, 0.25) is 0 Å². The van der Waals surface area contributed by atoms with Crippen molar-refractivity contribution in [1.29, 1.82) is 0 Å². The third-order valence-corrected chi connectivity index (χ3v) is 2.98. The number of oxime groups is 1. The normalized spacial score (nSPS) is 11.4. The van der Waals surface area contributed by atoms with Crippen LogP contribution in [0.5, 0.6) is 11.6 Å². The van der Waals surface area contributed by atoms with Crippen molar-refractivity contribution < 1.29 is 9.94 Å². The van der Waals surface area contributed by atoms with Crippen LogP contribution in [0.1, 0.15) is 22.4 Å². The van der Waals surface area contributed by atoms with Gasteiger partial charge in [0.1, 0.15) is 5.75 Å². The quantitative estimate of drug-likeness (QED) is 0.389. The van der Waals surface area contributed by atoms with Gasteiger partial charge in [0.15, 0.2) is 5.84 Å². The molecule has 2 rings (SSSR count). The predicted octanol–water partition coefficient (Wildman–Crippen LogP) is 2.89. The van der Waals surface area contributed by atoms with Crippen LogP contribution >= 0.6 is 0 Å². The summed E-state index contributed by atoms with van der Waals surface area (Å²) < 4.78 is 5.84. The lowest BCUT2D eigenvalue weighted by molar-refractivity contribution is 0.318. The monoisotopic (exact) mass is 271 g/mol. The molecule has 0 saturated carbocycles. The van der Waals surface area contributed by atoms with Crippen LogP contribution in [0.3, 0.4) is 0 Å². The molecule has 0 atom stereocenters. The van der Waals surface area contributed by atoms with E-state index in [1.54, 1.807) is 0 Å². The van der Waals surface area contributed by atoms with Gasteiger partial charge in [-0.25, -0.2) is 4.98 Å². The number of amidine groups is 1. The summed E-state index contributed by atoms with van der Waals surface area (Å²) in [4.78, 5) is 4.35. The summed E-state index contributed by atoms with van der Waals surface area (Å²) >= 11 is 0. The number of pyridine rings is 1. The largest absolute Gasteiger partial charge is 0.438 e. The first kappa shape index (κ1) is 13.9. The minimum absolute atomic E-state index is 0.0152. The van der Waals surface area contributed by atoms with Crippen LogP contribution in [-0.2, 0) is 0 Å². The first-order valence-electron chi connectivity index (χ1n) is 6.22.